The first-order valence-electron chi connectivity index (χ1n) is 6.87. The summed E-state index contributed by atoms with van der Waals surface area (Å²) >= 11 is 0. The maximum atomic E-state index is 12.1. The van der Waals surface area contributed by atoms with Crippen LogP contribution in [0.4, 0.5) is 0 Å². The molecular weight excluding hydrogens is 290 g/mol. The van der Waals surface area contributed by atoms with Gasteiger partial charge in [-0.25, -0.2) is 8.42 Å². The van der Waals surface area contributed by atoms with Gasteiger partial charge in [-0.1, -0.05) is 6.07 Å². The number of rotatable bonds is 6. The molecule has 0 heterocycles. The quantitative estimate of drug-likeness (QED) is 0.871. The number of hydrogen-bond donors (Lipinski definition) is 1. The lowest BCUT2D eigenvalue weighted by molar-refractivity contribution is 0.330. The molecule has 21 heavy (non-hydrogen) atoms. The SMILES string of the molecule is COc1ccc([C@@H](C)N)c(OCCS(=O)(=O)C(C)(C)C)c1. The highest BCUT2D eigenvalue weighted by Crippen LogP contribution is 2.28. The van der Waals surface area contributed by atoms with Crippen LogP contribution in [0.15, 0.2) is 18.2 Å². The zero-order valence-corrected chi connectivity index (χ0v) is 14.2. The molecule has 1 aromatic rings. The average Bonchev–Trinajstić information content (AvgIpc) is 2.36. The minimum absolute atomic E-state index is 0.0356. The fourth-order valence-electron chi connectivity index (χ4n) is 1.71. The van der Waals surface area contributed by atoms with E-state index in [9.17, 15) is 8.42 Å². The Balaban J connectivity index is 2.84. The van der Waals surface area contributed by atoms with Gasteiger partial charge in [0.1, 0.15) is 18.1 Å². The molecular formula is C15H25NO4S. The molecule has 0 aliphatic carbocycles. The third-order valence-corrected chi connectivity index (χ3v) is 5.82. The van der Waals surface area contributed by atoms with Crippen LogP contribution in [0.2, 0.25) is 0 Å². The van der Waals surface area contributed by atoms with E-state index in [4.69, 9.17) is 15.2 Å². The van der Waals surface area contributed by atoms with Gasteiger partial charge < -0.3 is 15.2 Å². The maximum Gasteiger partial charge on any atom is 0.158 e. The van der Waals surface area contributed by atoms with Crippen molar-refractivity contribution in [2.45, 2.75) is 38.5 Å². The Bertz CT molecular complexity index is 574. The van der Waals surface area contributed by atoms with Crippen molar-refractivity contribution >= 4 is 9.84 Å². The van der Waals surface area contributed by atoms with Crippen molar-refractivity contribution in [2.75, 3.05) is 19.5 Å². The zero-order chi connectivity index (χ0) is 16.3. The van der Waals surface area contributed by atoms with Crippen molar-refractivity contribution in [2.24, 2.45) is 5.73 Å². The molecule has 0 amide bonds. The van der Waals surface area contributed by atoms with Gasteiger partial charge >= 0.3 is 0 Å². The van der Waals surface area contributed by atoms with E-state index in [0.29, 0.717) is 11.5 Å². The average molecular weight is 315 g/mol. The van der Waals surface area contributed by atoms with Crippen LogP contribution in [0.1, 0.15) is 39.3 Å². The first kappa shape index (κ1) is 17.8. The molecule has 2 N–H and O–H groups in total. The number of ether oxygens (including phenoxy) is 2. The number of methoxy groups -OCH3 is 1. The van der Waals surface area contributed by atoms with Crippen molar-refractivity contribution in [1.82, 2.24) is 0 Å². The van der Waals surface area contributed by atoms with E-state index >= 15 is 0 Å². The number of nitrogens with two attached hydrogens (primary N) is 1. The summed E-state index contributed by atoms with van der Waals surface area (Å²) in [6.07, 6.45) is 0. The van der Waals surface area contributed by atoms with Crippen molar-refractivity contribution in [1.29, 1.82) is 0 Å². The van der Waals surface area contributed by atoms with Gasteiger partial charge in [0.25, 0.3) is 0 Å². The van der Waals surface area contributed by atoms with Gasteiger partial charge in [0, 0.05) is 17.7 Å². The third kappa shape index (κ3) is 4.61. The van der Waals surface area contributed by atoms with E-state index in [1.807, 2.05) is 13.0 Å². The van der Waals surface area contributed by atoms with Gasteiger partial charge in [-0.2, -0.15) is 0 Å². The molecule has 5 nitrogen and oxygen atoms in total. The molecule has 0 saturated carbocycles. The molecule has 0 spiro atoms. The van der Waals surface area contributed by atoms with Crippen molar-refractivity contribution in [3.05, 3.63) is 23.8 Å². The van der Waals surface area contributed by atoms with Crippen LogP contribution in [-0.2, 0) is 9.84 Å². The van der Waals surface area contributed by atoms with E-state index < -0.39 is 14.6 Å². The first-order chi connectivity index (χ1) is 9.58. The molecule has 1 atom stereocenters. The highest BCUT2D eigenvalue weighted by molar-refractivity contribution is 7.92. The summed E-state index contributed by atoms with van der Waals surface area (Å²) in [5, 5.41) is 0. The second kappa shape index (κ2) is 6.66. The van der Waals surface area contributed by atoms with Crippen LogP contribution in [0.3, 0.4) is 0 Å². The Morgan fingerprint density at radius 1 is 1.29 bits per heavy atom. The molecule has 0 saturated heterocycles. The summed E-state index contributed by atoms with van der Waals surface area (Å²) in [5.41, 5.74) is 6.72. The van der Waals surface area contributed by atoms with E-state index in [2.05, 4.69) is 0 Å². The first-order valence-corrected chi connectivity index (χ1v) is 8.52. The smallest absolute Gasteiger partial charge is 0.158 e. The molecule has 120 valence electrons. The minimum atomic E-state index is -3.20. The predicted octanol–water partition coefficient (Wildman–Crippen LogP) is 2.31. The van der Waals surface area contributed by atoms with E-state index in [1.54, 1.807) is 40.0 Å². The maximum absolute atomic E-state index is 12.1. The number of hydrogen-bond acceptors (Lipinski definition) is 5. The molecule has 1 rings (SSSR count). The van der Waals surface area contributed by atoms with Gasteiger partial charge in [0.2, 0.25) is 0 Å². The Labute approximate surface area is 127 Å². The molecule has 0 bridgehead atoms. The lowest BCUT2D eigenvalue weighted by atomic mass is 10.1. The zero-order valence-electron chi connectivity index (χ0n) is 13.3. The molecule has 0 fully saturated rings. The highest BCUT2D eigenvalue weighted by atomic mass is 32.2. The van der Waals surface area contributed by atoms with Gasteiger partial charge in [-0.15, -0.1) is 0 Å². The minimum Gasteiger partial charge on any atom is -0.497 e. The Morgan fingerprint density at radius 3 is 2.38 bits per heavy atom. The van der Waals surface area contributed by atoms with Crippen molar-refractivity contribution in [3.63, 3.8) is 0 Å². The second-order valence-corrected chi connectivity index (χ2v) is 8.83. The fourth-order valence-corrected chi connectivity index (χ4v) is 2.63. The van der Waals surface area contributed by atoms with Crippen molar-refractivity contribution < 1.29 is 17.9 Å². The summed E-state index contributed by atoms with van der Waals surface area (Å²) in [4.78, 5) is 0. The van der Waals surface area contributed by atoms with E-state index in [0.717, 1.165) is 5.56 Å². The normalized spacial score (nSPS) is 13.8. The molecule has 0 aliphatic heterocycles. The monoisotopic (exact) mass is 315 g/mol. The largest absolute Gasteiger partial charge is 0.497 e. The van der Waals surface area contributed by atoms with Gasteiger partial charge in [0.15, 0.2) is 9.84 Å². The number of benzene rings is 1. The van der Waals surface area contributed by atoms with Crippen LogP contribution in [0.5, 0.6) is 11.5 Å². The summed E-state index contributed by atoms with van der Waals surface area (Å²) in [5.74, 6) is 1.17. The standard InChI is InChI=1S/C15H25NO4S/c1-11(16)13-7-6-12(19-5)10-14(13)20-8-9-21(17,18)15(2,3)4/h6-7,10-11H,8-9,16H2,1-5H3/t11-/m1/s1. The lowest BCUT2D eigenvalue weighted by Crippen LogP contribution is -2.32. The third-order valence-electron chi connectivity index (χ3n) is 3.25. The summed E-state index contributed by atoms with van der Waals surface area (Å²) in [6, 6.07) is 5.15. The summed E-state index contributed by atoms with van der Waals surface area (Å²) in [6.45, 7) is 6.98. The topological polar surface area (TPSA) is 78.6 Å². The summed E-state index contributed by atoms with van der Waals surface area (Å²) in [7, 11) is -1.64. The van der Waals surface area contributed by atoms with Crippen LogP contribution in [-0.4, -0.2) is 32.6 Å². The summed E-state index contributed by atoms with van der Waals surface area (Å²) < 4.78 is 34.1. The van der Waals surface area contributed by atoms with Crippen LogP contribution in [0, 0.1) is 0 Å². The molecule has 0 radical (unpaired) electrons. The number of sulfone groups is 1. The lowest BCUT2D eigenvalue weighted by Gasteiger charge is -2.20. The van der Waals surface area contributed by atoms with Gasteiger partial charge in [0.05, 0.1) is 17.6 Å². The van der Waals surface area contributed by atoms with Crippen LogP contribution >= 0.6 is 0 Å². The van der Waals surface area contributed by atoms with E-state index in [-0.39, 0.29) is 18.4 Å². The molecule has 6 heteroatoms. The van der Waals surface area contributed by atoms with Gasteiger partial charge in [-0.3, -0.25) is 0 Å². The highest BCUT2D eigenvalue weighted by Gasteiger charge is 2.28. The van der Waals surface area contributed by atoms with Crippen LogP contribution in [0.25, 0.3) is 0 Å². The predicted molar refractivity (Wildman–Crippen MR) is 84.6 cm³/mol. The molecule has 0 aliphatic rings. The van der Waals surface area contributed by atoms with Crippen LogP contribution < -0.4 is 15.2 Å². The second-order valence-electron chi connectivity index (χ2n) is 5.97. The molecule has 0 unspecified atom stereocenters. The fraction of sp³-hybridized carbons (Fsp3) is 0.600. The Morgan fingerprint density at radius 2 is 1.90 bits per heavy atom. The Kier molecular flexibility index (Phi) is 5.64. The van der Waals surface area contributed by atoms with Gasteiger partial charge in [-0.05, 0) is 33.8 Å². The Hall–Kier alpha value is -1.27. The van der Waals surface area contributed by atoms with E-state index in [1.165, 1.54) is 0 Å². The molecule has 1 aromatic carbocycles. The molecule has 0 aromatic heterocycles. The van der Waals surface area contributed by atoms with Crippen molar-refractivity contribution in [3.8, 4) is 11.5 Å².